The number of nitrogens with one attached hydrogen (secondary N) is 1. The molecule has 1 heterocycles. The molecule has 0 saturated carbocycles. The van der Waals surface area contributed by atoms with Crippen LogP contribution < -0.4 is 11.1 Å². The number of anilines is 1. The molecule has 4 nitrogen and oxygen atoms in total. The fourth-order valence-electron chi connectivity index (χ4n) is 2.19. The fraction of sp³-hybridized carbons (Fsp3) is 0.538. The molecule has 90 valence electrons. The van der Waals surface area contributed by atoms with E-state index < -0.39 is 0 Å². The summed E-state index contributed by atoms with van der Waals surface area (Å²) in [5.41, 5.74) is 8.67. The second-order valence-electron chi connectivity index (χ2n) is 4.44. The maximum atomic E-state index is 9.15. The predicted molar refractivity (Wildman–Crippen MR) is 67.7 cm³/mol. The van der Waals surface area contributed by atoms with E-state index in [-0.39, 0.29) is 6.04 Å². The number of hydrogen-bond acceptors (Lipinski definition) is 4. The third-order valence-electron chi connectivity index (χ3n) is 3.29. The van der Waals surface area contributed by atoms with E-state index >= 15 is 0 Å². The van der Waals surface area contributed by atoms with Crippen LogP contribution in [0.5, 0.6) is 0 Å². The van der Waals surface area contributed by atoms with Crippen LogP contribution in [0.1, 0.15) is 36.6 Å². The Morgan fingerprint density at radius 2 is 2.41 bits per heavy atom. The first-order valence-corrected chi connectivity index (χ1v) is 6.18. The molecule has 0 amide bonds. The number of fused-ring (bicyclic) bond motifs is 1. The zero-order valence-corrected chi connectivity index (χ0v) is 10.2. The summed E-state index contributed by atoms with van der Waals surface area (Å²) in [6.45, 7) is 2.63. The Bertz CT molecular complexity index is 443. The van der Waals surface area contributed by atoms with Crippen molar-refractivity contribution in [1.29, 1.82) is 5.26 Å². The number of hydrogen-bond donors (Lipinski definition) is 2. The second kappa shape index (κ2) is 5.15. The van der Waals surface area contributed by atoms with Gasteiger partial charge in [-0.15, -0.1) is 0 Å². The fourth-order valence-corrected chi connectivity index (χ4v) is 2.19. The minimum Gasteiger partial charge on any atom is -0.365 e. The molecule has 2 rings (SSSR count). The van der Waals surface area contributed by atoms with Gasteiger partial charge >= 0.3 is 0 Å². The van der Waals surface area contributed by atoms with Crippen molar-refractivity contribution in [2.45, 2.75) is 38.6 Å². The zero-order valence-electron chi connectivity index (χ0n) is 10.2. The molecule has 1 aromatic heterocycles. The van der Waals surface area contributed by atoms with Gasteiger partial charge in [-0.2, -0.15) is 5.26 Å². The lowest BCUT2D eigenvalue weighted by molar-refractivity contribution is 0.699. The minimum absolute atomic E-state index is 0.189. The van der Waals surface area contributed by atoms with Crippen LogP contribution in [0.4, 0.5) is 5.82 Å². The summed E-state index contributed by atoms with van der Waals surface area (Å²) in [5.74, 6) is 0.699. The van der Waals surface area contributed by atoms with Gasteiger partial charge in [0.25, 0.3) is 0 Å². The van der Waals surface area contributed by atoms with Gasteiger partial charge in [0.1, 0.15) is 11.9 Å². The molecule has 1 atom stereocenters. The SMILES string of the molecule is CCC(CN)Nc1nc2c(cc1C#N)CCC2. The Morgan fingerprint density at radius 1 is 1.59 bits per heavy atom. The highest BCUT2D eigenvalue weighted by molar-refractivity contribution is 5.55. The van der Waals surface area contributed by atoms with E-state index in [0.717, 1.165) is 31.4 Å². The quantitative estimate of drug-likeness (QED) is 0.823. The zero-order chi connectivity index (χ0) is 12.3. The number of pyridine rings is 1. The molecule has 1 aliphatic carbocycles. The van der Waals surface area contributed by atoms with Gasteiger partial charge in [-0.3, -0.25) is 0 Å². The van der Waals surface area contributed by atoms with Crippen molar-refractivity contribution >= 4 is 5.82 Å². The van der Waals surface area contributed by atoms with Crippen LogP contribution in [0, 0.1) is 11.3 Å². The van der Waals surface area contributed by atoms with E-state index in [0.29, 0.717) is 17.9 Å². The first-order valence-electron chi connectivity index (χ1n) is 6.18. The van der Waals surface area contributed by atoms with Crippen LogP contribution in [0.15, 0.2) is 6.07 Å². The van der Waals surface area contributed by atoms with Gasteiger partial charge in [0.15, 0.2) is 0 Å². The summed E-state index contributed by atoms with van der Waals surface area (Å²) in [5, 5.41) is 12.4. The Hall–Kier alpha value is -1.60. The number of nitrogens with zero attached hydrogens (tertiary/aromatic N) is 2. The van der Waals surface area contributed by atoms with Crippen LogP contribution in [0.2, 0.25) is 0 Å². The second-order valence-corrected chi connectivity index (χ2v) is 4.44. The number of rotatable bonds is 4. The van der Waals surface area contributed by atoms with Gasteiger partial charge in [-0.05, 0) is 37.3 Å². The first kappa shape index (κ1) is 11.9. The van der Waals surface area contributed by atoms with Crippen molar-refractivity contribution in [3.8, 4) is 6.07 Å². The Labute approximate surface area is 102 Å². The molecule has 0 radical (unpaired) electrons. The molecule has 0 saturated heterocycles. The molecule has 4 heteroatoms. The van der Waals surface area contributed by atoms with Crippen molar-refractivity contribution in [3.63, 3.8) is 0 Å². The number of aryl methyl sites for hydroxylation is 2. The highest BCUT2D eigenvalue weighted by Gasteiger charge is 2.17. The summed E-state index contributed by atoms with van der Waals surface area (Å²) in [4.78, 5) is 4.57. The van der Waals surface area contributed by atoms with Crippen molar-refractivity contribution in [3.05, 3.63) is 22.9 Å². The summed E-state index contributed by atoms with van der Waals surface area (Å²) >= 11 is 0. The molecule has 17 heavy (non-hydrogen) atoms. The van der Waals surface area contributed by atoms with Crippen LogP contribution in [0.25, 0.3) is 0 Å². The summed E-state index contributed by atoms with van der Waals surface area (Å²) in [6.07, 6.45) is 4.14. The van der Waals surface area contributed by atoms with E-state index in [1.165, 1.54) is 5.56 Å². The average Bonchev–Trinajstić information content (AvgIpc) is 2.81. The van der Waals surface area contributed by atoms with Crippen molar-refractivity contribution in [2.24, 2.45) is 5.73 Å². The molecular formula is C13H18N4. The maximum Gasteiger partial charge on any atom is 0.144 e. The minimum atomic E-state index is 0.189. The van der Waals surface area contributed by atoms with Crippen molar-refractivity contribution in [1.82, 2.24) is 4.98 Å². The number of nitriles is 1. The van der Waals surface area contributed by atoms with Gasteiger partial charge in [0, 0.05) is 18.3 Å². The third-order valence-corrected chi connectivity index (χ3v) is 3.29. The molecule has 0 spiro atoms. The molecule has 0 aliphatic heterocycles. The predicted octanol–water partition coefficient (Wildman–Crippen LogP) is 1.59. The first-order chi connectivity index (χ1) is 8.28. The molecule has 3 N–H and O–H groups in total. The van der Waals surface area contributed by atoms with Crippen LogP contribution in [-0.2, 0) is 12.8 Å². The lowest BCUT2D eigenvalue weighted by Gasteiger charge is -2.17. The molecule has 1 unspecified atom stereocenters. The number of aromatic nitrogens is 1. The lowest BCUT2D eigenvalue weighted by Crippen LogP contribution is -2.28. The topological polar surface area (TPSA) is 74.7 Å². The van der Waals surface area contributed by atoms with E-state index in [4.69, 9.17) is 11.0 Å². The normalized spacial score (nSPS) is 15.1. The summed E-state index contributed by atoms with van der Waals surface area (Å²) in [7, 11) is 0. The van der Waals surface area contributed by atoms with Gasteiger partial charge in [-0.1, -0.05) is 6.92 Å². The summed E-state index contributed by atoms with van der Waals surface area (Å²) < 4.78 is 0. The van der Waals surface area contributed by atoms with Gasteiger partial charge in [0.2, 0.25) is 0 Å². The van der Waals surface area contributed by atoms with Gasteiger partial charge in [-0.25, -0.2) is 4.98 Å². The van der Waals surface area contributed by atoms with E-state index in [9.17, 15) is 0 Å². The Kier molecular flexibility index (Phi) is 3.60. The highest BCUT2D eigenvalue weighted by atomic mass is 15.0. The molecule has 0 bridgehead atoms. The average molecular weight is 230 g/mol. The molecule has 1 aliphatic rings. The number of nitrogens with two attached hydrogens (primary N) is 1. The smallest absolute Gasteiger partial charge is 0.144 e. The van der Waals surface area contributed by atoms with Crippen LogP contribution in [-0.4, -0.2) is 17.6 Å². The van der Waals surface area contributed by atoms with Gasteiger partial charge in [0.05, 0.1) is 5.56 Å². The third kappa shape index (κ3) is 2.40. The summed E-state index contributed by atoms with van der Waals surface area (Å²) in [6, 6.07) is 4.38. The molecular weight excluding hydrogens is 212 g/mol. The molecule has 0 aromatic carbocycles. The Morgan fingerprint density at radius 3 is 3.06 bits per heavy atom. The van der Waals surface area contributed by atoms with Crippen molar-refractivity contribution < 1.29 is 0 Å². The van der Waals surface area contributed by atoms with Gasteiger partial charge < -0.3 is 11.1 Å². The largest absolute Gasteiger partial charge is 0.365 e. The van der Waals surface area contributed by atoms with E-state index in [1.807, 2.05) is 6.07 Å². The van der Waals surface area contributed by atoms with E-state index in [1.54, 1.807) is 0 Å². The maximum absolute atomic E-state index is 9.15. The van der Waals surface area contributed by atoms with Crippen LogP contribution >= 0.6 is 0 Å². The molecule has 1 aromatic rings. The van der Waals surface area contributed by atoms with Crippen molar-refractivity contribution in [2.75, 3.05) is 11.9 Å². The Balaban J connectivity index is 2.30. The van der Waals surface area contributed by atoms with E-state index in [2.05, 4.69) is 23.3 Å². The highest BCUT2D eigenvalue weighted by Crippen LogP contribution is 2.25. The van der Waals surface area contributed by atoms with Crippen LogP contribution in [0.3, 0.4) is 0 Å². The monoisotopic (exact) mass is 230 g/mol. The standard InChI is InChI=1S/C13H18N4/c1-2-11(8-15)16-13-10(7-14)6-9-4-3-5-12(9)17-13/h6,11H,2-5,8,15H2,1H3,(H,16,17). The lowest BCUT2D eigenvalue weighted by atomic mass is 10.1. The molecule has 0 fully saturated rings.